The molecule has 0 aromatic carbocycles. The van der Waals surface area contributed by atoms with Gasteiger partial charge in [-0.05, 0) is 6.92 Å². The van der Waals surface area contributed by atoms with Gasteiger partial charge in [-0.15, -0.1) is 0 Å². The van der Waals surface area contributed by atoms with Crippen LogP contribution in [0, 0.1) is 0 Å². The molecule has 1 N–H and O–H groups in total. The molecule has 0 amide bonds. The van der Waals surface area contributed by atoms with Crippen LogP contribution in [0.2, 0.25) is 0 Å². The largest absolute Gasteiger partial charge is 0.393 e. The van der Waals surface area contributed by atoms with Crippen LogP contribution in [-0.4, -0.2) is 33.6 Å². The van der Waals surface area contributed by atoms with E-state index in [2.05, 4.69) is 4.99 Å². The molecule has 10 heavy (non-hydrogen) atoms. The predicted molar refractivity (Wildman–Crippen MR) is 48.9 cm³/mol. The fourth-order valence-corrected chi connectivity index (χ4v) is 2.49. The van der Waals surface area contributed by atoms with E-state index in [9.17, 15) is 0 Å². The average Bonchev–Trinajstić information content (AvgIpc) is 2.34. The Labute approximate surface area is 69.5 Å². The van der Waals surface area contributed by atoms with Crippen molar-refractivity contribution in [2.75, 3.05) is 18.1 Å². The standard InChI is InChI=1S/C6H11NOS2/c1-5(8)4-10-6-7-2-3-9-6/h5,8H,2-4H2,1H3. The monoisotopic (exact) mass is 177 g/mol. The molecular formula is C6H11NOS2. The number of aliphatic hydroxyl groups is 1. The number of hydrogen-bond acceptors (Lipinski definition) is 4. The zero-order valence-corrected chi connectivity index (χ0v) is 7.54. The molecule has 1 aliphatic heterocycles. The first kappa shape index (κ1) is 8.43. The first-order valence-electron chi connectivity index (χ1n) is 3.27. The summed E-state index contributed by atoms with van der Waals surface area (Å²) < 4.78 is 1.14. The highest BCUT2D eigenvalue weighted by Gasteiger charge is 2.07. The summed E-state index contributed by atoms with van der Waals surface area (Å²) in [5, 5.41) is 8.93. The van der Waals surface area contributed by atoms with Gasteiger partial charge in [0.15, 0.2) is 0 Å². The molecule has 0 saturated heterocycles. The van der Waals surface area contributed by atoms with Crippen LogP contribution >= 0.6 is 23.5 Å². The predicted octanol–water partition coefficient (Wildman–Crippen LogP) is 1.20. The molecule has 1 aliphatic rings. The van der Waals surface area contributed by atoms with Gasteiger partial charge in [-0.25, -0.2) is 0 Å². The third-order valence-corrected chi connectivity index (χ3v) is 3.50. The van der Waals surface area contributed by atoms with E-state index in [1.54, 1.807) is 30.4 Å². The van der Waals surface area contributed by atoms with E-state index in [-0.39, 0.29) is 6.10 Å². The zero-order valence-electron chi connectivity index (χ0n) is 5.91. The van der Waals surface area contributed by atoms with Crippen molar-refractivity contribution in [1.82, 2.24) is 0 Å². The quantitative estimate of drug-likeness (QED) is 0.688. The van der Waals surface area contributed by atoms with Crippen molar-refractivity contribution in [3.05, 3.63) is 0 Å². The normalized spacial score (nSPS) is 20.8. The van der Waals surface area contributed by atoms with E-state index < -0.39 is 0 Å². The van der Waals surface area contributed by atoms with E-state index in [1.165, 1.54) is 0 Å². The molecule has 0 aliphatic carbocycles. The minimum atomic E-state index is -0.214. The first-order chi connectivity index (χ1) is 4.79. The van der Waals surface area contributed by atoms with Gasteiger partial charge < -0.3 is 5.11 Å². The van der Waals surface area contributed by atoms with Gasteiger partial charge in [-0.1, -0.05) is 23.5 Å². The van der Waals surface area contributed by atoms with Gasteiger partial charge in [-0.3, -0.25) is 4.99 Å². The van der Waals surface area contributed by atoms with E-state index in [0.717, 1.165) is 22.4 Å². The van der Waals surface area contributed by atoms with Crippen molar-refractivity contribution in [1.29, 1.82) is 0 Å². The average molecular weight is 177 g/mol. The molecule has 0 bridgehead atoms. The molecule has 0 aromatic rings. The Bertz CT molecular complexity index is 136. The molecule has 1 heterocycles. The van der Waals surface area contributed by atoms with Crippen LogP contribution in [0.3, 0.4) is 0 Å². The van der Waals surface area contributed by atoms with Gasteiger partial charge in [-0.2, -0.15) is 0 Å². The Hall–Kier alpha value is 0.330. The van der Waals surface area contributed by atoms with Crippen molar-refractivity contribution < 1.29 is 5.11 Å². The second-order valence-corrected chi connectivity index (χ2v) is 4.51. The summed E-state index contributed by atoms with van der Waals surface area (Å²) in [5.74, 6) is 1.88. The zero-order chi connectivity index (χ0) is 7.40. The van der Waals surface area contributed by atoms with Crippen LogP contribution in [0.15, 0.2) is 4.99 Å². The summed E-state index contributed by atoms with van der Waals surface area (Å²) in [4.78, 5) is 4.24. The van der Waals surface area contributed by atoms with Crippen molar-refractivity contribution in [3.63, 3.8) is 0 Å². The smallest absolute Gasteiger partial charge is 0.124 e. The summed E-state index contributed by atoms with van der Waals surface area (Å²) in [6.45, 7) is 2.75. The van der Waals surface area contributed by atoms with Crippen LogP contribution in [0.5, 0.6) is 0 Å². The molecular weight excluding hydrogens is 166 g/mol. The molecule has 0 spiro atoms. The molecule has 2 nitrogen and oxygen atoms in total. The van der Waals surface area contributed by atoms with Crippen LogP contribution < -0.4 is 0 Å². The van der Waals surface area contributed by atoms with Gasteiger partial charge >= 0.3 is 0 Å². The van der Waals surface area contributed by atoms with Crippen LogP contribution in [-0.2, 0) is 0 Å². The summed E-state index contributed by atoms with van der Waals surface area (Å²) in [6.07, 6.45) is -0.214. The molecule has 1 rings (SSSR count). The number of nitrogens with zero attached hydrogens (tertiary/aromatic N) is 1. The molecule has 4 heteroatoms. The second-order valence-electron chi connectivity index (χ2n) is 2.16. The SMILES string of the molecule is CC(O)CSC1=NCCS1. The Morgan fingerprint density at radius 3 is 3.20 bits per heavy atom. The minimum Gasteiger partial charge on any atom is -0.393 e. The van der Waals surface area contributed by atoms with Gasteiger partial charge in [0, 0.05) is 11.5 Å². The molecule has 1 unspecified atom stereocenters. The lowest BCUT2D eigenvalue weighted by Gasteiger charge is -2.01. The van der Waals surface area contributed by atoms with Crippen molar-refractivity contribution in [3.8, 4) is 0 Å². The van der Waals surface area contributed by atoms with Gasteiger partial charge in [0.2, 0.25) is 0 Å². The molecule has 58 valence electrons. The first-order valence-corrected chi connectivity index (χ1v) is 5.24. The number of aliphatic hydroxyl groups excluding tert-OH is 1. The molecule has 0 fully saturated rings. The van der Waals surface area contributed by atoms with Crippen LogP contribution in [0.25, 0.3) is 0 Å². The third kappa shape index (κ3) is 2.94. The summed E-state index contributed by atoms with van der Waals surface area (Å²) in [7, 11) is 0. The Kier molecular flexibility index (Phi) is 3.59. The van der Waals surface area contributed by atoms with E-state index in [4.69, 9.17) is 5.11 Å². The minimum absolute atomic E-state index is 0.214. The lowest BCUT2D eigenvalue weighted by atomic mass is 10.5. The topological polar surface area (TPSA) is 32.6 Å². The lowest BCUT2D eigenvalue weighted by molar-refractivity contribution is 0.220. The van der Waals surface area contributed by atoms with Crippen molar-refractivity contribution >= 4 is 27.9 Å². The molecule has 0 saturated carbocycles. The molecule has 0 radical (unpaired) electrons. The Morgan fingerprint density at radius 2 is 2.70 bits per heavy atom. The highest BCUT2D eigenvalue weighted by atomic mass is 32.2. The Morgan fingerprint density at radius 1 is 1.90 bits per heavy atom. The highest BCUT2D eigenvalue weighted by Crippen LogP contribution is 2.22. The maximum Gasteiger partial charge on any atom is 0.124 e. The van der Waals surface area contributed by atoms with Crippen LogP contribution in [0.4, 0.5) is 0 Å². The van der Waals surface area contributed by atoms with Gasteiger partial charge in [0.05, 0.1) is 12.6 Å². The maximum absolute atomic E-state index is 8.93. The molecule has 0 aromatic heterocycles. The fourth-order valence-electron chi connectivity index (χ4n) is 0.595. The third-order valence-electron chi connectivity index (χ3n) is 1.01. The van der Waals surface area contributed by atoms with E-state index in [0.29, 0.717) is 0 Å². The van der Waals surface area contributed by atoms with Crippen LogP contribution in [0.1, 0.15) is 6.92 Å². The maximum atomic E-state index is 8.93. The molecule has 1 atom stereocenters. The number of hydrogen-bond donors (Lipinski definition) is 1. The van der Waals surface area contributed by atoms with Crippen molar-refractivity contribution in [2.45, 2.75) is 13.0 Å². The van der Waals surface area contributed by atoms with Gasteiger partial charge in [0.25, 0.3) is 0 Å². The van der Waals surface area contributed by atoms with E-state index >= 15 is 0 Å². The van der Waals surface area contributed by atoms with Gasteiger partial charge in [0.1, 0.15) is 4.38 Å². The van der Waals surface area contributed by atoms with Crippen molar-refractivity contribution in [2.24, 2.45) is 4.99 Å². The number of aliphatic imine (C=N–C) groups is 1. The number of rotatable bonds is 2. The highest BCUT2D eigenvalue weighted by molar-refractivity contribution is 8.39. The number of thioether (sulfide) groups is 2. The summed E-state index contributed by atoms with van der Waals surface area (Å²) in [5.41, 5.74) is 0. The lowest BCUT2D eigenvalue weighted by Crippen LogP contribution is -2.03. The summed E-state index contributed by atoms with van der Waals surface area (Å²) in [6, 6.07) is 0. The second kappa shape index (κ2) is 4.26. The Balaban J connectivity index is 2.13. The fraction of sp³-hybridized carbons (Fsp3) is 0.833. The van der Waals surface area contributed by atoms with E-state index in [1.807, 2.05) is 0 Å². The summed E-state index contributed by atoms with van der Waals surface area (Å²) >= 11 is 3.44.